The Morgan fingerprint density at radius 2 is 1.79 bits per heavy atom. The largest absolute Gasteiger partial charge is 0.380 e. The normalized spacial score (nSPS) is 22.7. The van der Waals surface area contributed by atoms with Crippen molar-refractivity contribution in [3.63, 3.8) is 0 Å². The summed E-state index contributed by atoms with van der Waals surface area (Å²) in [5, 5.41) is 3.33. The first kappa shape index (κ1) is 16.4. The molecule has 0 aromatic heterocycles. The Hall–Kier alpha value is -0.650. The molecule has 0 bridgehead atoms. The summed E-state index contributed by atoms with van der Waals surface area (Å²) in [7, 11) is 0. The quantitative estimate of drug-likeness (QED) is 0.633. The highest BCUT2D eigenvalue weighted by Crippen LogP contribution is 2.18. The van der Waals surface area contributed by atoms with Crippen molar-refractivity contribution >= 4 is 5.91 Å². The van der Waals surface area contributed by atoms with E-state index in [1.54, 1.807) is 0 Å². The topological polar surface area (TPSA) is 50.8 Å². The summed E-state index contributed by atoms with van der Waals surface area (Å²) >= 11 is 0. The van der Waals surface area contributed by atoms with Gasteiger partial charge in [-0.15, -0.1) is 0 Å². The Balaban J connectivity index is 2.47. The molecular formula is C14H28N2O3. The number of hydrogen-bond donors (Lipinski definition) is 1. The molecule has 0 aliphatic carbocycles. The van der Waals surface area contributed by atoms with Crippen molar-refractivity contribution in [2.24, 2.45) is 5.92 Å². The zero-order valence-electron chi connectivity index (χ0n) is 12.5. The van der Waals surface area contributed by atoms with E-state index in [2.05, 4.69) is 12.2 Å². The number of carbonyl (C=O) groups is 1. The summed E-state index contributed by atoms with van der Waals surface area (Å²) in [4.78, 5) is 14.4. The van der Waals surface area contributed by atoms with Gasteiger partial charge in [0.15, 0.2) is 0 Å². The van der Waals surface area contributed by atoms with Crippen LogP contribution < -0.4 is 5.32 Å². The van der Waals surface area contributed by atoms with Crippen LogP contribution in [0.3, 0.4) is 0 Å². The first-order chi connectivity index (χ1) is 9.20. The van der Waals surface area contributed by atoms with E-state index >= 15 is 0 Å². The van der Waals surface area contributed by atoms with E-state index in [9.17, 15) is 4.79 Å². The van der Waals surface area contributed by atoms with E-state index in [-0.39, 0.29) is 17.9 Å². The molecule has 19 heavy (non-hydrogen) atoms. The van der Waals surface area contributed by atoms with Crippen molar-refractivity contribution < 1.29 is 14.3 Å². The molecule has 0 spiro atoms. The number of hydrogen-bond acceptors (Lipinski definition) is 4. The van der Waals surface area contributed by atoms with Gasteiger partial charge in [-0.2, -0.15) is 0 Å². The summed E-state index contributed by atoms with van der Waals surface area (Å²) in [6.45, 7) is 10.8. The van der Waals surface area contributed by atoms with Crippen molar-refractivity contribution in [1.29, 1.82) is 0 Å². The standard InChI is InChI=1S/C14H28N2O3/c1-4-18-10-8-16(9-11-19-5-2)14(17)13-6-7-15-12(13)3/h12-13,15H,4-11H2,1-3H3. The zero-order valence-corrected chi connectivity index (χ0v) is 12.5. The van der Waals surface area contributed by atoms with Gasteiger partial charge in [0.25, 0.3) is 0 Å². The van der Waals surface area contributed by atoms with Crippen LogP contribution in [-0.2, 0) is 14.3 Å². The number of ether oxygens (including phenoxy) is 2. The molecule has 1 amide bonds. The van der Waals surface area contributed by atoms with Gasteiger partial charge in [-0.3, -0.25) is 4.79 Å². The highest BCUT2D eigenvalue weighted by Gasteiger charge is 2.32. The van der Waals surface area contributed by atoms with Gasteiger partial charge in [0.1, 0.15) is 0 Å². The summed E-state index contributed by atoms with van der Waals surface area (Å²) in [5.74, 6) is 0.333. The number of carbonyl (C=O) groups excluding carboxylic acids is 1. The Bertz CT molecular complexity index is 251. The maximum absolute atomic E-state index is 12.5. The van der Waals surface area contributed by atoms with E-state index in [4.69, 9.17) is 9.47 Å². The van der Waals surface area contributed by atoms with Gasteiger partial charge in [-0.25, -0.2) is 0 Å². The molecule has 1 aliphatic rings. The van der Waals surface area contributed by atoms with Crippen molar-refractivity contribution in [2.45, 2.75) is 33.2 Å². The van der Waals surface area contributed by atoms with Gasteiger partial charge < -0.3 is 19.7 Å². The minimum absolute atomic E-state index is 0.100. The Morgan fingerprint density at radius 1 is 1.21 bits per heavy atom. The molecule has 5 nitrogen and oxygen atoms in total. The Morgan fingerprint density at radius 3 is 2.21 bits per heavy atom. The summed E-state index contributed by atoms with van der Waals surface area (Å²) in [6.07, 6.45) is 0.930. The number of rotatable bonds is 9. The molecule has 1 N–H and O–H groups in total. The average Bonchev–Trinajstić information content (AvgIpc) is 2.83. The lowest BCUT2D eigenvalue weighted by Crippen LogP contribution is -2.43. The summed E-state index contributed by atoms with van der Waals surface area (Å²) < 4.78 is 10.7. The van der Waals surface area contributed by atoms with Crippen LogP contribution in [0.15, 0.2) is 0 Å². The molecule has 1 fully saturated rings. The summed E-state index contributed by atoms with van der Waals surface area (Å²) in [6, 6.07) is 0.272. The van der Waals surface area contributed by atoms with Crippen LogP contribution in [-0.4, -0.2) is 62.9 Å². The number of nitrogens with one attached hydrogen (secondary N) is 1. The molecule has 2 unspecified atom stereocenters. The molecule has 0 radical (unpaired) electrons. The second-order valence-corrected chi connectivity index (χ2v) is 4.86. The Labute approximate surface area is 116 Å². The fourth-order valence-corrected chi connectivity index (χ4v) is 2.40. The van der Waals surface area contributed by atoms with Gasteiger partial charge in [0.05, 0.1) is 19.1 Å². The zero-order chi connectivity index (χ0) is 14.1. The van der Waals surface area contributed by atoms with Crippen LogP contribution >= 0.6 is 0 Å². The molecule has 0 aromatic carbocycles. The number of nitrogens with zero attached hydrogens (tertiary/aromatic N) is 1. The molecule has 112 valence electrons. The molecule has 1 saturated heterocycles. The predicted molar refractivity (Wildman–Crippen MR) is 75.1 cm³/mol. The lowest BCUT2D eigenvalue weighted by molar-refractivity contribution is -0.137. The van der Waals surface area contributed by atoms with E-state index in [1.807, 2.05) is 18.7 Å². The fourth-order valence-electron chi connectivity index (χ4n) is 2.40. The second-order valence-electron chi connectivity index (χ2n) is 4.86. The summed E-state index contributed by atoms with van der Waals surface area (Å²) in [5.41, 5.74) is 0. The minimum atomic E-state index is 0.100. The first-order valence-electron chi connectivity index (χ1n) is 7.38. The van der Waals surface area contributed by atoms with E-state index < -0.39 is 0 Å². The van der Waals surface area contributed by atoms with Crippen LogP contribution in [0.5, 0.6) is 0 Å². The Kier molecular flexibility index (Phi) is 8.02. The van der Waals surface area contributed by atoms with Crippen molar-refractivity contribution in [1.82, 2.24) is 10.2 Å². The van der Waals surface area contributed by atoms with Gasteiger partial charge in [0, 0.05) is 32.3 Å². The highest BCUT2D eigenvalue weighted by molar-refractivity contribution is 5.80. The fraction of sp³-hybridized carbons (Fsp3) is 0.929. The third-order valence-corrected chi connectivity index (χ3v) is 3.57. The highest BCUT2D eigenvalue weighted by atomic mass is 16.5. The van der Waals surface area contributed by atoms with Gasteiger partial charge in [-0.1, -0.05) is 0 Å². The van der Waals surface area contributed by atoms with Crippen LogP contribution in [0.4, 0.5) is 0 Å². The molecule has 1 rings (SSSR count). The van der Waals surface area contributed by atoms with Crippen LogP contribution in [0.25, 0.3) is 0 Å². The predicted octanol–water partition coefficient (Wildman–Crippen LogP) is 0.886. The monoisotopic (exact) mass is 272 g/mol. The maximum Gasteiger partial charge on any atom is 0.227 e. The minimum Gasteiger partial charge on any atom is -0.380 e. The molecule has 0 saturated carbocycles. The first-order valence-corrected chi connectivity index (χ1v) is 7.38. The molecule has 1 heterocycles. The molecule has 5 heteroatoms. The lowest BCUT2D eigenvalue weighted by Gasteiger charge is -2.27. The van der Waals surface area contributed by atoms with Gasteiger partial charge >= 0.3 is 0 Å². The van der Waals surface area contributed by atoms with Crippen molar-refractivity contribution in [3.05, 3.63) is 0 Å². The third kappa shape index (κ3) is 5.47. The van der Waals surface area contributed by atoms with E-state index in [0.717, 1.165) is 13.0 Å². The number of amides is 1. The van der Waals surface area contributed by atoms with Crippen molar-refractivity contribution in [2.75, 3.05) is 46.1 Å². The van der Waals surface area contributed by atoms with Crippen molar-refractivity contribution in [3.8, 4) is 0 Å². The molecular weight excluding hydrogens is 244 g/mol. The van der Waals surface area contributed by atoms with E-state index in [0.29, 0.717) is 39.5 Å². The average molecular weight is 272 g/mol. The lowest BCUT2D eigenvalue weighted by atomic mass is 10.0. The molecule has 2 atom stereocenters. The SMILES string of the molecule is CCOCCN(CCOCC)C(=O)C1CCNC1C. The van der Waals surface area contributed by atoms with Gasteiger partial charge in [-0.05, 0) is 33.7 Å². The van der Waals surface area contributed by atoms with Crippen LogP contribution in [0.1, 0.15) is 27.2 Å². The van der Waals surface area contributed by atoms with Gasteiger partial charge in [0.2, 0.25) is 5.91 Å². The van der Waals surface area contributed by atoms with E-state index in [1.165, 1.54) is 0 Å². The van der Waals surface area contributed by atoms with Crippen LogP contribution in [0, 0.1) is 5.92 Å². The smallest absolute Gasteiger partial charge is 0.227 e. The molecule has 1 aliphatic heterocycles. The van der Waals surface area contributed by atoms with Crippen LogP contribution in [0.2, 0.25) is 0 Å². The maximum atomic E-state index is 12.5. The second kappa shape index (κ2) is 9.28. The molecule has 0 aromatic rings. The third-order valence-electron chi connectivity index (χ3n) is 3.57.